The first-order valence-electron chi connectivity index (χ1n) is 10.0. The van der Waals surface area contributed by atoms with Crippen LogP contribution in [-0.4, -0.2) is 44.2 Å². The van der Waals surface area contributed by atoms with Gasteiger partial charge in [0.15, 0.2) is 5.96 Å². The van der Waals surface area contributed by atoms with Crippen LogP contribution in [0.4, 0.5) is 5.82 Å². The van der Waals surface area contributed by atoms with Gasteiger partial charge in [-0.1, -0.05) is 18.2 Å². The lowest BCUT2D eigenvalue weighted by atomic mass is 10.1. The molecule has 0 saturated carbocycles. The van der Waals surface area contributed by atoms with Crippen molar-refractivity contribution in [1.82, 2.24) is 15.6 Å². The van der Waals surface area contributed by atoms with Crippen LogP contribution in [0.25, 0.3) is 0 Å². The molecule has 0 aliphatic carbocycles. The summed E-state index contributed by atoms with van der Waals surface area (Å²) in [7, 11) is 1.68. The minimum Gasteiger partial charge on any atom is -0.497 e. The number of hydrogen-bond acceptors (Lipinski definition) is 4. The molecule has 0 spiro atoms. The maximum Gasteiger partial charge on any atom is 0.191 e. The molecule has 0 fully saturated rings. The average molecular weight is 511 g/mol. The van der Waals surface area contributed by atoms with E-state index in [2.05, 4.69) is 70.5 Å². The molecule has 0 aliphatic rings. The van der Waals surface area contributed by atoms with E-state index in [1.807, 2.05) is 18.3 Å². The van der Waals surface area contributed by atoms with Gasteiger partial charge in [-0.2, -0.15) is 0 Å². The van der Waals surface area contributed by atoms with E-state index in [1.54, 1.807) is 7.11 Å². The quantitative estimate of drug-likeness (QED) is 0.288. The minimum absolute atomic E-state index is 0. The molecule has 0 aliphatic heterocycles. The molecule has 0 radical (unpaired) electrons. The number of hydrogen-bond donors (Lipinski definition) is 2. The molecule has 1 heterocycles. The number of nitrogens with one attached hydrogen (secondary N) is 2. The van der Waals surface area contributed by atoms with Crippen LogP contribution < -0.4 is 20.3 Å². The monoisotopic (exact) mass is 511 g/mol. The Morgan fingerprint density at radius 3 is 2.24 bits per heavy atom. The largest absolute Gasteiger partial charge is 0.497 e. The summed E-state index contributed by atoms with van der Waals surface area (Å²) >= 11 is 0. The van der Waals surface area contributed by atoms with Crippen molar-refractivity contribution in [2.45, 2.75) is 33.7 Å². The van der Waals surface area contributed by atoms with Crippen LogP contribution in [0.3, 0.4) is 0 Å². The maximum atomic E-state index is 5.20. The van der Waals surface area contributed by atoms with Crippen molar-refractivity contribution in [2.75, 3.05) is 38.2 Å². The molecule has 0 unspecified atom stereocenters. The van der Waals surface area contributed by atoms with Crippen LogP contribution in [0, 0.1) is 0 Å². The summed E-state index contributed by atoms with van der Waals surface area (Å²) in [6.45, 7) is 10.5. The van der Waals surface area contributed by atoms with Gasteiger partial charge < -0.3 is 20.3 Å². The predicted molar refractivity (Wildman–Crippen MR) is 133 cm³/mol. The maximum absolute atomic E-state index is 5.20. The second kappa shape index (κ2) is 14.0. The normalized spacial score (nSPS) is 10.8. The van der Waals surface area contributed by atoms with Crippen molar-refractivity contribution < 1.29 is 4.74 Å². The summed E-state index contributed by atoms with van der Waals surface area (Å²) in [5.41, 5.74) is 2.36. The van der Waals surface area contributed by atoms with Gasteiger partial charge in [0.05, 0.1) is 13.7 Å². The van der Waals surface area contributed by atoms with Gasteiger partial charge in [0.25, 0.3) is 0 Å². The summed E-state index contributed by atoms with van der Waals surface area (Å²) in [5, 5.41) is 6.69. The van der Waals surface area contributed by atoms with Crippen LogP contribution in [0.2, 0.25) is 0 Å². The van der Waals surface area contributed by atoms with Crippen molar-refractivity contribution in [3.8, 4) is 5.75 Å². The third-order valence-electron chi connectivity index (χ3n) is 4.53. The first-order valence-corrected chi connectivity index (χ1v) is 10.0. The summed E-state index contributed by atoms with van der Waals surface area (Å²) in [6, 6.07) is 12.3. The number of aromatic nitrogens is 1. The number of guanidine groups is 1. The summed E-state index contributed by atoms with van der Waals surface area (Å²) in [5.74, 6) is 2.72. The van der Waals surface area contributed by atoms with Gasteiger partial charge >= 0.3 is 0 Å². The highest BCUT2D eigenvalue weighted by molar-refractivity contribution is 14.0. The Hall–Kier alpha value is -2.03. The standard InChI is InChI=1S/C22H33N5O.HI/c1-5-23-22(24-15-14-18-8-11-20(28-4)12-9-18)26-17-19-10-13-21(25-16-19)27(6-2)7-3;/h8-13,16H,5-7,14-15,17H2,1-4H3,(H2,23,24,26);1H. The number of nitrogens with zero attached hydrogens (tertiary/aromatic N) is 3. The van der Waals surface area contributed by atoms with E-state index in [-0.39, 0.29) is 24.0 Å². The number of halogens is 1. The zero-order valence-electron chi connectivity index (χ0n) is 17.9. The Morgan fingerprint density at radius 1 is 1.00 bits per heavy atom. The van der Waals surface area contributed by atoms with Crippen molar-refractivity contribution in [3.05, 3.63) is 53.7 Å². The van der Waals surface area contributed by atoms with Gasteiger partial charge in [-0.25, -0.2) is 9.98 Å². The van der Waals surface area contributed by atoms with Crippen molar-refractivity contribution in [1.29, 1.82) is 0 Å². The van der Waals surface area contributed by atoms with Gasteiger partial charge in [-0.05, 0) is 56.5 Å². The Kier molecular flexibility index (Phi) is 12.1. The predicted octanol–water partition coefficient (Wildman–Crippen LogP) is 3.85. The molecule has 1 aromatic heterocycles. The number of ether oxygens (including phenoxy) is 1. The molecular weight excluding hydrogens is 477 g/mol. The second-order valence-corrected chi connectivity index (χ2v) is 6.42. The molecule has 2 N–H and O–H groups in total. The van der Waals surface area contributed by atoms with Crippen molar-refractivity contribution in [3.63, 3.8) is 0 Å². The number of anilines is 1. The summed E-state index contributed by atoms with van der Waals surface area (Å²) < 4.78 is 5.20. The number of methoxy groups -OCH3 is 1. The molecule has 2 rings (SSSR count). The van der Waals surface area contributed by atoms with E-state index >= 15 is 0 Å². The van der Waals surface area contributed by atoms with Crippen LogP contribution in [0.1, 0.15) is 31.9 Å². The fraction of sp³-hybridized carbons (Fsp3) is 0.455. The van der Waals surface area contributed by atoms with E-state index in [1.165, 1.54) is 5.56 Å². The zero-order chi connectivity index (χ0) is 20.2. The molecule has 0 atom stereocenters. The molecule has 0 saturated heterocycles. The third kappa shape index (κ3) is 8.47. The van der Waals surface area contributed by atoms with Crippen LogP contribution in [0.15, 0.2) is 47.6 Å². The SMILES string of the molecule is CCNC(=NCc1ccc(N(CC)CC)nc1)NCCc1ccc(OC)cc1.I. The lowest BCUT2D eigenvalue weighted by molar-refractivity contribution is 0.414. The Morgan fingerprint density at radius 2 is 1.69 bits per heavy atom. The molecular formula is C22H34IN5O. The molecule has 6 nitrogen and oxygen atoms in total. The second-order valence-electron chi connectivity index (χ2n) is 6.42. The molecule has 0 bridgehead atoms. The van der Waals surface area contributed by atoms with Gasteiger partial charge in [0, 0.05) is 32.4 Å². The van der Waals surface area contributed by atoms with E-state index in [4.69, 9.17) is 4.74 Å². The van der Waals surface area contributed by atoms with Crippen LogP contribution >= 0.6 is 24.0 Å². The van der Waals surface area contributed by atoms with Crippen molar-refractivity contribution in [2.24, 2.45) is 4.99 Å². The van der Waals surface area contributed by atoms with E-state index in [9.17, 15) is 0 Å². The lowest BCUT2D eigenvalue weighted by Crippen LogP contribution is -2.38. The lowest BCUT2D eigenvalue weighted by Gasteiger charge is -2.19. The fourth-order valence-electron chi connectivity index (χ4n) is 2.87. The highest BCUT2D eigenvalue weighted by Crippen LogP contribution is 2.12. The summed E-state index contributed by atoms with van der Waals surface area (Å²) in [4.78, 5) is 11.5. The van der Waals surface area contributed by atoms with E-state index in [0.29, 0.717) is 6.54 Å². The van der Waals surface area contributed by atoms with E-state index in [0.717, 1.165) is 55.7 Å². The summed E-state index contributed by atoms with van der Waals surface area (Å²) in [6.07, 6.45) is 2.84. The van der Waals surface area contributed by atoms with Crippen LogP contribution in [0.5, 0.6) is 5.75 Å². The molecule has 7 heteroatoms. The number of rotatable bonds is 10. The minimum atomic E-state index is 0. The molecule has 1 aromatic carbocycles. The molecule has 29 heavy (non-hydrogen) atoms. The topological polar surface area (TPSA) is 61.8 Å². The average Bonchev–Trinajstić information content (AvgIpc) is 2.74. The van der Waals surface area contributed by atoms with Crippen molar-refractivity contribution >= 4 is 35.8 Å². The Labute approximate surface area is 192 Å². The fourth-order valence-corrected chi connectivity index (χ4v) is 2.87. The number of pyridine rings is 1. The smallest absolute Gasteiger partial charge is 0.191 e. The zero-order valence-corrected chi connectivity index (χ0v) is 20.3. The first kappa shape index (κ1) is 25.0. The van der Waals surface area contributed by atoms with Gasteiger partial charge in [-0.15, -0.1) is 24.0 Å². The number of aliphatic imine (C=N–C) groups is 1. The van der Waals surface area contributed by atoms with Gasteiger partial charge in [0.2, 0.25) is 0 Å². The Balaban J connectivity index is 0.00000420. The first-order chi connectivity index (χ1) is 13.7. The highest BCUT2D eigenvalue weighted by atomic mass is 127. The third-order valence-corrected chi connectivity index (χ3v) is 4.53. The highest BCUT2D eigenvalue weighted by Gasteiger charge is 2.03. The van der Waals surface area contributed by atoms with Gasteiger partial charge in [-0.3, -0.25) is 0 Å². The van der Waals surface area contributed by atoms with E-state index < -0.39 is 0 Å². The molecule has 2 aromatic rings. The number of benzene rings is 1. The molecule has 0 amide bonds. The Bertz CT molecular complexity index is 715. The van der Waals surface area contributed by atoms with Crippen LogP contribution in [-0.2, 0) is 13.0 Å². The van der Waals surface area contributed by atoms with Gasteiger partial charge in [0.1, 0.15) is 11.6 Å². The molecule has 160 valence electrons.